The van der Waals surface area contributed by atoms with E-state index in [4.69, 9.17) is 4.74 Å². The van der Waals surface area contributed by atoms with Gasteiger partial charge >= 0.3 is 5.97 Å². The molecule has 33 heavy (non-hydrogen) atoms. The first kappa shape index (κ1) is 23.9. The van der Waals surface area contributed by atoms with Crippen molar-refractivity contribution in [2.24, 2.45) is 5.92 Å². The predicted octanol–water partition coefficient (Wildman–Crippen LogP) is 1.26. The molecule has 3 rings (SSSR count). The van der Waals surface area contributed by atoms with Crippen LogP contribution in [0, 0.1) is 12.8 Å². The Kier molecular flexibility index (Phi) is 7.78. The van der Waals surface area contributed by atoms with Crippen LogP contribution >= 0.6 is 15.9 Å². The van der Waals surface area contributed by atoms with Crippen LogP contribution in [0.15, 0.2) is 53.0 Å². The van der Waals surface area contributed by atoms with E-state index in [1.165, 1.54) is 0 Å². The standard InChI is InChI=1S/C22H21BrN4O6/c1-13-4-2-3-5-17(13)21(31)26-27-11-15(10-19(27)29)22(32)33-12-18(28)24-25-20(30)14-6-8-16(23)9-7-14/h2-9,15H,10-12H2,1H3,(H,24,28)(H,25,30)(H,26,31)/t15-/m1/s1. The van der Waals surface area contributed by atoms with Crippen LogP contribution in [-0.2, 0) is 19.1 Å². The molecule has 10 nitrogen and oxygen atoms in total. The van der Waals surface area contributed by atoms with Gasteiger partial charge in [0.15, 0.2) is 6.61 Å². The lowest BCUT2D eigenvalue weighted by atomic mass is 10.1. The monoisotopic (exact) mass is 516 g/mol. The van der Waals surface area contributed by atoms with Crippen molar-refractivity contribution in [2.75, 3.05) is 13.2 Å². The Morgan fingerprint density at radius 3 is 2.42 bits per heavy atom. The molecular weight excluding hydrogens is 496 g/mol. The molecule has 0 unspecified atom stereocenters. The third-order valence-corrected chi connectivity index (χ3v) is 5.38. The zero-order valence-corrected chi connectivity index (χ0v) is 19.2. The number of esters is 1. The number of carbonyl (C=O) groups excluding carboxylic acids is 5. The Bertz CT molecular complexity index is 1090. The first-order valence-electron chi connectivity index (χ1n) is 9.93. The second kappa shape index (κ2) is 10.7. The summed E-state index contributed by atoms with van der Waals surface area (Å²) in [7, 11) is 0. The number of hydrogen-bond acceptors (Lipinski definition) is 6. The zero-order valence-electron chi connectivity index (χ0n) is 17.6. The third-order valence-electron chi connectivity index (χ3n) is 4.85. The lowest BCUT2D eigenvalue weighted by molar-refractivity contribution is -0.152. The van der Waals surface area contributed by atoms with E-state index in [-0.39, 0.29) is 13.0 Å². The molecule has 0 bridgehead atoms. The molecule has 0 radical (unpaired) electrons. The van der Waals surface area contributed by atoms with E-state index in [0.29, 0.717) is 11.1 Å². The van der Waals surface area contributed by atoms with Crippen LogP contribution in [0.3, 0.4) is 0 Å². The van der Waals surface area contributed by atoms with Gasteiger partial charge in [0.2, 0.25) is 5.91 Å². The van der Waals surface area contributed by atoms with Gasteiger partial charge in [0, 0.05) is 22.0 Å². The SMILES string of the molecule is Cc1ccccc1C(=O)NN1C[C@H](C(=O)OCC(=O)NNC(=O)c2ccc(Br)cc2)CC1=O. The number of hydrazine groups is 2. The predicted molar refractivity (Wildman–Crippen MR) is 119 cm³/mol. The fraction of sp³-hybridized carbons (Fsp3) is 0.227. The summed E-state index contributed by atoms with van der Waals surface area (Å²) in [5.74, 6) is -3.78. The fourth-order valence-corrected chi connectivity index (χ4v) is 3.34. The van der Waals surface area contributed by atoms with Crippen LogP contribution < -0.4 is 16.3 Å². The minimum atomic E-state index is -0.833. The minimum absolute atomic E-state index is 0.0722. The topological polar surface area (TPSA) is 134 Å². The summed E-state index contributed by atoms with van der Waals surface area (Å²) < 4.78 is 5.75. The zero-order chi connectivity index (χ0) is 24.0. The molecule has 3 N–H and O–H groups in total. The maximum absolute atomic E-state index is 12.4. The molecule has 11 heteroatoms. The van der Waals surface area contributed by atoms with Crippen molar-refractivity contribution in [3.8, 4) is 0 Å². The largest absolute Gasteiger partial charge is 0.455 e. The number of hydrogen-bond donors (Lipinski definition) is 3. The van der Waals surface area contributed by atoms with Crippen molar-refractivity contribution in [1.29, 1.82) is 0 Å². The Hall–Kier alpha value is -3.73. The first-order valence-corrected chi connectivity index (χ1v) is 10.7. The van der Waals surface area contributed by atoms with Crippen LogP contribution in [0.1, 0.15) is 32.7 Å². The van der Waals surface area contributed by atoms with Crippen LogP contribution in [-0.4, -0.2) is 47.8 Å². The van der Waals surface area contributed by atoms with Crippen molar-refractivity contribution in [3.05, 3.63) is 69.7 Å². The molecule has 1 aliphatic heterocycles. The highest BCUT2D eigenvalue weighted by atomic mass is 79.9. The van der Waals surface area contributed by atoms with Crippen molar-refractivity contribution in [3.63, 3.8) is 0 Å². The number of amides is 4. The number of ether oxygens (including phenoxy) is 1. The van der Waals surface area contributed by atoms with Gasteiger partial charge in [-0.3, -0.25) is 45.3 Å². The number of nitrogens with zero attached hydrogens (tertiary/aromatic N) is 1. The summed E-state index contributed by atoms with van der Waals surface area (Å²) in [5.41, 5.74) is 8.34. The Balaban J connectivity index is 1.43. The molecule has 0 spiro atoms. The number of carbonyl (C=O) groups is 5. The van der Waals surface area contributed by atoms with Gasteiger partial charge in [-0.2, -0.15) is 0 Å². The molecule has 1 saturated heterocycles. The smallest absolute Gasteiger partial charge is 0.311 e. The molecular formula is C22H21BrN4O6. The first-order chi connectivity index (χ1) is 15.7. The molecule has 1 atom stereocenters. The molecule has 4 amide bonds. The molecule has 0 aromatic heterocycles. The van der Waals surface area contributed by atoms with Gasteiger partial charge in [-0.15, -0.1) is 0 Å². The molecule has 0 aliphatic carbocycles. The van der Waals surface area contributed by atoms with Gasteiger partial charge in [0.1, 0.15) is 0 Å². The molecule has 2 aromatic rings. The molecule has 1 aliphatic rings. The summed E-state index contributed by atoms with van der Waals surface area (Å²) in [6.07, 6.45) is -0.158. The molecule has 1 heterocycles. The van der Waals surface area contributed by atoms with E-state index < -0.39 is 42.1 Å². The number of rotatable bonds is 6. The summed E-state index contributed by atoms with van der Waals surface area (Å²) in [5, 5.41) is 1.07. The van der Waals surface area contributed by atoms with Crippen LogP contribution in [0.2, 0.25) is 0 Å². The van der Waals surface area contributed by atoms with Crippen molar-refractivity contribution < 1.29 is 28.7 Å². The van der Waals surface area contributed by atoms with Gasteiger partial charge in [0.05, 0.1) is 12.5 Å². The molecule has 1 fully saturated rings. The lowest BCUT2D eigenvalue weighted by Crippen LogP contribution is -2.44. The van der Waals surface area contributed by atoms with E-state index in [1.54, 1.807) is 55.5 Å². The minimum Gasteiger partial charge on any atom is -0.455 e. The Morgan fingerprint density at radius 1 is 1.03 bits per heavy atom. The summed E-state index contributed by atoms with van der Waals surface area (Å²) >= 11 is 3.26. The van der Waals surface area contributed by atoms with Crippen molar-refractivity contribution >= 4 is 45.5 Å². The molecule has 0 saturated carbocycles. The Labute approximate surface area is 197 Å². The second-order valence-electron chi connectivity index (χ2n) is 7.28. The van der Waals surface area contributed by atoms with Gasteiger partial charge < -0.3 is 4.74 Å². The third kappa shape index (κ3) is 6.39. The van der Waals surface area contributed by atoms with Crippen LogP contribution in [0.5, 0.6) is 0 Å². The highest BCUT2D eigenvalue weighted by Gasteiger charge is 2.36. The lowest BCUT2D eigenvalue weighted by Gasteiger charge is -2.18. The number of aryl methyl sites for hydroxylation is 1. The van der Waals surface area contributed by atoms with Crippen molar-refractivity contribution in [2.45, 2.75) is 13.3 Å². The van der Waals surface area contributed by atoms with Gasteiger partial charge in [-0.05, 0) is 42.8 Å². The van der Waals surface area contributed by atoms with Gasteiger partial charge in [-0.1, -0.05) is 34.1 Å². The van der Waals surface area contributed by atoms with Gasteiger partial charge in [0.25, 0.3) is 17.7 Å². The van der Waals surface area contributed by atoms with E-state index >= 15 is 0 Å². The normalized spacial score (nSPS) is 15.0. The van der Waals surface area contributed by atoms with E-state index in [2.05, 4.69) is 32.2 Å². The van der Waals surface area contributed by atoms with Crippen LogP contribution in [0.25, 0.3) is 0 Å². The number of halogens is 1. The quantitative estimate of drug-likeness (QED) is 0.390. The highest BCUT2D eigenvalue weighted by Crippen LogP contribution is 2.18. The number of nitrogens with one attached hydrogen (secondary N) is 3. The average Bonchev–Trinajstić information content (AvgIpc) is 3.16. The highest BCUT2D eigenvalue weighted by molar-refractivity contribution is 9.10. The molecule has 2 aromatic carbocycles. The average molecular weight is 517 g/mol. The summed E-state index contributed by atoms with van der Waals surface area (Å²) in [4.78, 5) is 60.7. The number of benzene rings is 2. The fourth-order valence-electron chi connectivity index (χ4n) is 3.07. The molecule has 172 valence electrons. The second-order valence-corrected chi connectivity index (χ2v) is 8.19. The van der Waals surface area contributed by atoms with Crippen LogP contribution in [0.4, 0.5) is 0 Å². The maximum atomic E-state index is 12.4. The van der Waals surface area contributed by atoms with Crippen molar-refractivity contribution in [1.82, 2.24) is 21.3 Å². The van der Waals surface area contributed by atoms with E-state index in [0.717, 1.165) is 15.0 Å². The summed E-state index contributed by atoms with van der Waals surface area (Å²) in [6.45, 7) is 1.06. The Morgan fingerprint density at radius 2 is 1.73 bits per heavy atom. The van der Waals surface area contributed by atoms with E-state index in [9.17, 15) is 24.0 Å². The van der Waals surface area contributed by atoms with E-state index in [1.807, 2.05) is 0 Å². The van der Waals surface area contributed by atoms with Gasteiger partial charge in [-0.25, -0.2) is 0 Å². The summed E-state index contributed by atoms with van der Waals surface area (Å²) in [6, 6.07) is 13.4. The maximum Gasteiger partial charge on any atom is 0.311 e.